The van der Waals surface area contributed by atoms with Gasteiger partial charge in [-0.1, -0.05) is 51.9 Å². The molecule has 100 valence electrons. The summed E-state index contributed by atoms with van der Waals surface area (Å²) in [4.78, 5) is 0. The van der Waals surface area contributed by atoms with Crippen LogP contribution in [0.3, 0.4) is 0 Å². The molecule has 2 fully saturated rings. The first-order valence-corrected chi connectivity index (χ1v) is 7.72. The van der Waals surface area contributed by atoms with Gasteiger partial charge in [0, 0.05) is 6.04 Å². The molecule has 17 heavy (non-hydrogen) atoms. The maximum atomic E-state index is 5.92. The normalized spacial score (nSPS) is 28.6. The molecule has 0 aromatic carbocycles. The minimum Gasteiger partial charge on any atom is -0.271 e. The van der Waals surface area contributed by atoms with E-state index in [0.29, 0.717) is 11.5 Å². The van der Waals surface area contributed by atoms with E-state index in [2.05, 4.69) is 12.3 Å². The van der Waals surface area contributed by atoms with E-state index in [0.717, 1.165) is 5.92 Å². The van der Waals surface area contributed by atoms with Gasteiger partial charge in [0.15, 0.2) is 0 Å². The van der Waals surface area contributed by atoms with Crippen molar-refractivity contribution in [1.82, 2.24) is 5.43 Å². The van der Waals surface area contributed by atoms with Gasteiger partial charge in [-0.3, -0.25) is 11.3 Å². The predicted octanol–water partition coefficient (Wildman–Crippen LogP) is 3.76. The molecule has 0 aliphatic heterocycles. The lowest BCUT2D eigenvalue weighted by Crippen LogP contribution is -2.52. The van der Waals surface area contributed by atoms with Crippen LogP contribution in [0.1, 0.15) is 77.6 Å². The Morgan fingerprint density at radius 3 is 2.00 bits per heavy atom. The summed E-state index contributed by atoms with van der Waals surface area (Å²) in [5.74, 6) is 6.75. The highest BCUT2D eigenvalue weighted by Crippen LogP contribution is 2.43. The molecule has 0 radical (unpaired) electrons. The predicted molar refractivity (Wildman–Crippen MR) is 73.5 cm³/mol. The van der Waals surface area contributed by atoms with Crippen LogP contribution in [0.2, 0.25) is 0 Å². The molecule has 0 aromatic heterocycles. The van der Waals surface area contributed by atoms with Crippen molar-refractivity contribution in [1.29, 1.82) is 0 Å². The average molecular weight is 238 g/mol. The van der Waals surface area contributed by atoms with Gasteiger partial charge < -0.3 is 0 Å². The molecule has 3 N–H and O–H groups in total. The molecule has 0 aromatic rings. The molecule has 1 atom stereocenters. The minimum absolute atomic E-state index is 0.460. The van der Waals surface area contributed by atoms with E-state index in [9.17, 15) is 0 Å². The summed E-state index contributed by atoms with van der Waals surface area (Å²) in [5, 5.41) is 0. The van der Waals surface area contributed by atoms with Crippen LogP contribution in [0.25, 0.3) is 0 Å². The van der Waals surface area contributed by atoms with Crippen molar-refractivity contribution < 1.29 is 0 Å². The van der Waals surface area contributed by atoms with Crippen molar-refractivity contribution in [3.8, 4) is 0 Å². The van der Waals surface area contributed by atoms with Crippen LogP contribution in [0.4, 0.5) is 0 Å². The Balaban J connectivity index is 2.02. The lowest BCUT2D eigenvalue weighted by molar-refractivity contribution is 0.0953. The Kier molecular flexibility index (Phi) is 4.87. The van der Waals surface area contributed by atoms with Crippen molar-refractivity contribution >= 4 is 0 Å². The van der Waals surface area contributed by atoms with Gasteiger partial charge in [-0.05, 0) is 37.0 Å². The summed E-state index contributed by atoms with van der Waals surface area (Å²) < 4.78 is 0. The quantitative estimate of drug-likeness (QED) is 0.446. The molecule has 2 aliphatic rings. The van der Waals surface area contributed by atoms with Crippen LogP contribution in [0, 0.1) is 11.3 Å². The first-order chi connectivity index (χ1) is 8.26. The van der Waals surface area contributed by atoms with Crippen LogP contribution in [-0.2, 0) is 0 Å². The van der Waals surface area contributed by atoms with Gasteiger partial charge >= 0.3 is 0 Å². The summed E-state index contributed by atoms with van der Waals surface area (Å²) in [6, 6.07) is 0.556. The molecule has 0 saturated heterocycles. The molecule has 0 amide bonds. The van der Waals surface area contributed by atoms with Gasteiger partial charge in [-0.25, -0.2) is 0 Å². The van der Waals surface area contributed by atoms with Crippen LogP contribution in [-0.4, -0.2) is 6.04 Å². The summed E-state index contributed by atoms with van der Waals surface area (Å²) in [5.41, 5.74) is 3.67. The van der Waals surface area contributed by atoms with Crippen molar-refractivity contribution in [2.75, 3.05) is 0 Å². The largest absolute Gasteiger partial charge is 0.271 e. The molecule has 0 bridgehead atoms. The second kappa shape index (κ2) is 6.19. The van der Waals surface area contributed by atoms with Crippen LogP contribution < -0.4 is 11.3 Å². The average Bonchev–Trinajstić information content (AvgIpc) is 2.60. The highest BCUT2D eigenvalue weighted by Gasteiger charge is 2.39. The lowest BCUT2D eigenvalue weighted by atomic mass is 9.66. The molecule has 0 spiro atoms. The topological polar surface area (TPSA) is 38.0 Å². The van der Waals surface area contributed by atoms with Crippen LogP contribution in [0.5, 0.6) is 0 Å². The highest BCUT2D eigenvalue weighted by atomic mass is 15.2. The number of nitrogens with two attached hydrogens (primary N) is 1. The van der Waals surface area contributed by atoms with E-state index in [-0.39, 0.29) is 0 Å². The van der Waals surface area contributed by atoms with Crippen molar-refractivity contribution in [2.45, 2.75) is 83.6 Å². The van der Waals surface area contributed by atoms with Gasteiger partial charge in [-0.2, -0.15) is 0 Å². The molecular weight excluding hydrogens is 208 g/mol. The molecule has 1 unspecified atom stereocenters. The molecule has 2 rings (SSSR count). The third-order valence-corrected chi connectivity index (χ3v) is 5.30. The van der Waals surface area contributed by atoms with E-state index in [1.807, 2.05) is 0 Å². The monoisotopic (exact) mass is 238 g/mol. The van der Waals surface area contributed by atoms with E-state index in [1.165, 1.54) is 70.6 Å². The summed E-state index contributed by atoms with van der Waals surface area (Å²) in [6.45, 7) is 2.47. The summed E-state index contributed by atoms with van der Waals surface area (Å²) in [7, 11) is 0. The first-order valence-electron chi connectivity index (χ1n) is 7.72. The molecule has 2 heteroatoms. The summed E-state index contributed by atoms with van der Waals surface area (Å²) >= 11 is 0. The number of nitrogens with one attached hydrogen (secondary N) is 1. The smallest absolute Gasteiger partial charge is 0.0292 e. The van der Waals surface area contributed by atoms with Gasteiger partial charge in [0.2, 0.25) is 0 Å². The third-order valence-electron chi connectivity index (χ3n) is 5.30. The molecule has 2 saturated carbocycles. The fourth-order valence-electron chi connectivity index (χ4n) is 4.22. The van der Waals surface area contributed by atoms with Gasteiger partial charge in [0.05, 0.1) is 0 Å². The molecular formula is C15H30N2. The van der Waals surface area contributed by atoms with Crippen LogP contribution in [0.15, 0.2) is 0 Å². The second-order valence-electron chi connectivity index (χ2n) is 6.61. The zero-order chi connectivity index (χ0) is 12.1. The van der Waals surface area contributed by atoms with Crippen LogP contribution >= 0.6 is 0 Å². The molecule has 0 heterocycles. The third kappa shape index (κ3) is 3.23. The number of hydrogen-bond acceptors (Lipinski definition) is 2. The summed E-state index contributed by atoms with van der Waals surface area (Å²) in [6.07, 6.45) is 15.5. The zero-order valence-electron chi connectivity index (χ0n) is 11.5. The highest BCUT2D eigenvalue weighted by molar-refractivity contribution is 4.93. The fourth-order valence-corrected chi connectivity index (χ4v) is 4.22. The minimum atomic E-state index is 0.460. The lowest BCUT2D eigenvalue weighted by Gasteiger charge is -2.44. The van der Waals surface area contributed by atoms with E-state index in [1.54, 1.807) is 0 Å². The Morgan fingerprint density at radius 2 is 1.47 bits per heavy atom. The fraction of sp³-hybridized carbons (Fsp3) is 1.00. The standard InChI is InChI=1S/C15H30N2/c1-15(11-7-4-8-12-15)14(17-16)13-9-5-2-3-6-10-13/h13-14,17H,2-12,16H2,1H3. The van der Waals surface area contributed by atoms with Crippen molar-refractivity contribution in [3.05, 3.63) is 0 Å². The Hall–Kier alpha value is -0.0800. The Morgan fingerprint density at radius 1 is 0.941 bits per heavy atom. The molecule has 2 aliphatic carbocycles. The SMILES string of the molecule is CC1(C(NN)C2CCCCCC2)CCCCC1. The van der Waals surface area contributed by atoms with Gasteiger partial charge in [0.25, 0.3) is 0 Å². The van der Waals surface area contributed by atoms with E-state index in [4.69, 9.17) is 5.84 Å². The number of hydrazine groups is 1. The van der Waals surface area contributed by atoms with Gasteiger partial charge in [-0.15, -0.1) is 0 Å². The van der Waals surface area contributed by atoms with Crippen molar-refractivity contribution in [2.24, 2.45) is 17.2 Å². The van der Waals surface area contributed by atoms with E-state index < -0.39 is 0 Å². The first kappa shape index (κ1) is 13.4. The molecule has 2 nitrogen and oxygen atoms in total. The van der Waals surface area contributed by atoms with Gasteiger partial charge in [0.1, 0.15) is 0 Å². The van der Waals surface area contributed by atoms with E-state index >= 15 is 0 Å². The second-order valence-corrected chi connectivity index (χ2v) is 6.61. The maximum Gasteiger partial charge on any atom is 0.0292 e. The zero-order valence-corrected chi connectivity index (χ0v) is 11.5. The maximum absolute atomic E-state index is 5.92. The Bertz CT molecular complexity index is 213. The number of rotatable bonds is 3. The van der Waals surface area contributed by atoms with Crippen molar-refractivity contribution in [3.63, 3.8) is 0 Å². The number of hydrogen-bond donors (Lipinski definition) is 2. The Labute approximate surface area is 107 Å².